The number of morpholine rings is 1. The molecule has 1 N–H and O–H groups in total. The average Bonchev–Trinajstić information content (AvgIpc) is 3.08. The number of likely N-dealkylation sites (tertiary alicyclic amines) is 1. The van der Waals surface area contributed by atoms with Crippen molar-refractivity contribution in [3.05, 3.63) is 35.4 Å². The highest BCUT2D eigenvalue weighted by molar-refractivity contribution is 5.94. The molecule has 2 amide bonds. The van der Waals surface area contributed by atoms with Crippen LogP contribution >= 0.6 is 0 Å². The maximum Gasteiger partial charge on any atom is 0.254 e. The van der Waals surface area contributed by atoms with E-state index in [1.165, 1.54) is 0 Å². The Kier molecular flexibility index (Phi) is 7.18. The summed E-state index contributed by atoms with van der Waals surface area (Å²) in [4.78, 5) is 29.0. The number of nitrogens with zero attached hydrogens (tertiary/aromatic N) is 2. The van der Waals surface area contributed by atoms with Gasteiger partial charge in [-0.2, -0.15) is 0 Å². The highest BCUT2D eigenvalue weighted by Gasteiger charge is 2.32. The molecule has 2 saturated heterocycles. The summed E-state index contributed by atoms with van der Waals surface area (Å²) >= 11 is 0. The number of hydrogen-bond acceptors (Lipinski definition) is 4. The first-order chi connectivity index (χ1) is 13.8. The van der Waals surface area contributed by atoms with Gasteiger partial charge in [-0.1, -0.05) is 0 Å². The van der Waals surface area contributed by atoms with Crippen LogP contribution in [0, 0.1) is 11.6 Å². The summed E-state index contributed by atoms with van der Waals surface area (Å²) in [5.41, 5.74) is -0.228. The zero-order chi connectivity index (χ0) is 21.0. The molecule has 29 heavy (non-hydrogen) atoms. The molecule has 2 aliphatic rings. The zero-order valence-electron chi connectivity index (χ0n) is 17.0. The minimum Gasteiger partial charge on any atom is -0.373 e. The molecule has 0 radical (unpaired) electrons. The molecule has 6 nitrogen and oxygen atoms in total. The van der Waals surface area contributed by atoms with Gasteiger partial charge in [-0.15, -0.1) is 0 Å². The van der Waals surface area contributed by atoms with Gasteiger partial charge in [-0.25, -0.2) is 8.78 Å². The summed E-state index contributed by atoms with van der Waals surface area (Å²) in [5.74, 6) is -2.31. The van der Waals surface area contributed by atoms with Crippen molar-refractivity contribution in [1.82, 2.24) is 15.1 Å². The van der Waals surface area contributed by atoms with E-state index in [-0.39, 0.29) is 42.7 Å². The molecular weight excluding hydrogens is 380 g/mol. The van der Waals surface area contributed by atoms with E-state index in [0.717, 1.165) is 51.2 Å². The molecule has 0 bridgehead atoms. The van der Waals surface area contributed by atoms with E-state index >= 15 is 0 Å². The van der Waals surface area contributed by atoms with Crippen LogP contribution in [0.3, 0.4) is 0 Å². The first-order valence-electron chi connectivity index (χ1n) is 10.2. The Bertz CT molecular complexity index is 736. The number of carbonyl (C=O) groups is 2. The minimum absolute atomic E-state index is 0.0123. The lowest BCUT2D eigenvalue weighted by Crippen LogP contribution is -2.51. The van der Waals surface area contributed by atoms with Crippen LogP contribution in [0.5, 0.6) is 0 Å². The Balaban J connectivity index is 1.47. The average molecular weight is 409 g/mol. The first kappa shape index (κ1) is 21.6. The molecule has 0 unspecified atom stereocenters. The molecule has 1 aromatic carbocycles. The molecule has 2 fully saturated rings. The zero-order valence-corrected chi connectivity index (χ0v) is 17.0. The Morgan fingerprint density at radius 3 is 2.62 bits per heavy atom. The van der Waals surface area contributed by atoms with E-state index in [9.17, 15) is 18.4 Å². The van der Waals surface area contributed by atoms with Crippen LogP contribution in [0.4, 0.5) is 8.78 Å². The van der Waals surface area contributed by atoms with E-state index in [1.807, 2.05) is 4.90 Å². The topological polar surface area (TPSA) is 61.9 Å². The van der Waals surface area contributed by atoms with E-state index in [1.54, 1.807) is 0 Å². The summed E-state index contributed by atoms with van der Waals surface area (Å²) in [5, 5.41) is 2.55. The van der Waals surface area contributed by atoms with Crippen LogP contribution in [0.25, 0.3) is 0 Å². The Morgan fingerprint density at radius 2 is 1.93 bits per heavy atom. The molecule has 0 aliphatic carbocycles. The number of ether oxygens (including phenoxy) is 1. The molecule has 1 aromatic rings. The maximum atomic E-state index is 13.7. The van der Waals surface area contributed by atoms with Crippen LogP contribution in [0.2, 0.25) is 0 Å². The first-order valence-corrected chi connectivity index (χ1v) is 10.2. The van der Waals surface area contributed by atoms with Crippen molar-refractivity contribution in [1.29, 1.82) is 0 Å². The highest BCUT2D eigenvalue weighted by Crippen LogP contribution is 2.21. The largest absolute Gasteiger partial charge is 0.373 e. The molecule has 3 rings (SSSR count). The predicted molar refractivity (Wildman–Crippen MR) is 104 cm³/mol. The van der Waals surface area contributed by atoms with Gasteiger partial charge >= 0.3 is 0 Å². The molecular formula is C21H29F2N3O3. The standard InChI is InChI=1S/C21H29F2N3O3/c1-14-11-25(12-15(2)29-14)13-17-4-3-9-26(17)20(27)7-8-24-21(28)18-6-5-16(22)10-19(18)23/h5-6,10,14-15,17H,3-4,7-9,11-13H2,1-2H3,(H,24,28)/t14-,15+,17-/m0/s1. The lowest BCUT2D eigenvalue weighted by molar-refractivity contribution is -0.132. The molecule has 0 saturated carbocycles. The minimum atomic E-state index is -0.914. The van der Waals surface area contributed by atoms with Gasteiger partial charge in [-0.05, 0) is 38.8 Å². The van der Waals surface area contributed by atoms with Gasteiger partial charge in [0.15, 0.2) is 0 Å². The maximum absolute atomic E-state index is 13.7. The monoisotopic (exact) mass is 409 g/mol. The molecule has 0 spiro atoms. The molecule has 2 heterocycles. The van der Waals surface area contributed by atoms with Crippen molar-refractivity contribution in [3.63, 3.8) is 0 Å². The van der Waals surface area contributed by atoms with E-state index < -0.39 is 17.5 Å². The highest BCUT2D eigenvalue weighted by atomic mass is 19.1. The van der Waals surface area contributed by atoms with E-state index in [4.69, 9.17) is 4.74 Å². The van der Waals surface area contributed by atoms with Crippen LogP contribution < -0.4 is 5.32 Å². The number of nitrogens with one attached hydrogen (secondary N) is 1. The van der Waals surface area contributed by atoms with Crippen molar-refractivity contribution in [3.8, 4) is 0 Å². The van der Waals surface area contributed by atoms with Gasteiger partial charge in [0.05, 0.1) is 17.8 Å². The fourth-order valence-electron chi connectivity index (χ4n) is 4.28. The fraction of sp³-hybridized carbons (Fsp3) is 0.619. The van der Waals surface area contributed by atoms with E-state index in [0.29, 0.717) is 6.07 Å². The molecule has 0 aromatic heterocycles. The van der Waals surface area contributed by atoms with Crippen molar-refractivity contribution >= 4 is 11.8 Å². The molecule has 8 heteroatoms. The normalized spacial score (nSPS) is 25.2. The van der Waals surface area contributed by atoms with Crippen molar-refractivity contribution in [2.24, 2.45) is 0 Å². The second-order valence-corrected chi connectivity index (χ2v) is 7.99. The molecule has 2 aliphatic heterocycles. The third-order valence-corrected chi connectivity index (χ3v) is 5.46. The number of amides is 2. The fourth-order valence-corrected chi connectivity index (χ4v) is 4.28. The Labute approximate surface area is 170 Å². The van der Waals surface area contributed by atoms with Crippen molar-refractivity contribution in [2.75, 3.05) is 32.7 Å². The third-order valence-electron chi connectivity index (χ3n) is 5.46. The van der Waals surface area contributed by atoms with Gasteiger partial charge in [0.25, 0.3) is 5.91 Å². The second-order valence-electron chi connectivity index (χ2n) is 7.99. The Morgan fingerprint density at radius 1 is 1.21 bits per heavy atom. The lowest BCUT2D eigenvalue weighted by atomic mass is 10.1. The summed E-state index contributed by atoms with van der Waals surface area (Å²) in [6.07, 6.45) is 2.47. The predicted octanol–water partition coefficient (Wildman–Crippen LogP) is 2.18. The van der Waals surface area contributed by atoms with Crippen LogP contribution in [0.15, 0.2) is 18.2 Å². The Hall–Kier alpha value is -2.06. The van der Waals surface area contributed by atoms with E-state index in [2.05, 4.69) is 24.1 Å². The number of benzene rings is 1. The number of halogens is 2. The number of hydrogen-bond donors (Lipinski definition) is 1. The van der Waals surface area contributed by atoms with Gasteiger partial charge < -0.3 is 15.0 Å². The summed E-state index contributed by atoms with van der Waals surface area (Å²) in [7, 11) is 0. The quantitative estimate of drug-likeness (QED) is 0.783. The van der Waals surface area contributed by atoms with Gasteiger partial charge in [0.1, 0.15) is 11.6 Å². The summed E-state index contributed by atoms with van der Waals surface area (Å²) < 4.78 is 32.4. The number of carbonyl (C=O) groups excluding carboxylic acids is 2. The van der Waals surface area contributed by atoms with Crippen molar-refractivity contribution in [2.45, 2.75) is 51.4 Å². The molecule has 160 valence electrons. The smallest absolute Gasteiger partial charge is 0.254 e. The lowest BCUT2D eigenvalue weighted by Gasteiger charge is -2.38. The second kappa shape index (κ2) is 9.63. The SMILES string of the molecule is C[C@@H]1CN(C[C@@H]2CCCN2C(=O)CCNC(=O)c2ccc(F)cc2F)C[C@H](C)O1. The van der Waals surface area contributed by atoms with Gasteiger partial charge in [0.2, 0.25) is 5.91 Å². The summed E-state index contributed by atoms with van der Waals surface area (Å²) in [6.45, 7) is 7.52. The van der Waals surface area contributed by atoms with Gasteiger partial charge in [0, 0.05) is 51.3 Å². The number of rotatable bonds is 6. The summed E-state index contributed by atoms with van der Waals surface area (Å²) in [6, 6.07) is 2.97. The van der Waals surface area contributed by atoms with Crippen LogP contribution in [0.1, 0.15) is 43.5 Å². The van der Waals surface area contributed by atoms with Crippen LogP contribution in [-0.4, -0.2) is 72.6 Å². The molecule has 3 atom stereocenters. The van der Waals surface area contributed by atoms with Gasteiger partial charge in [-0.3, -0.25) is 14.5 Å². The van der Waals surface area contributed by atoms with Crippen molar-refractivity contribution < 1.29 is 23.1 Å². The third kappa shape index (κ3) is 5.73. The van der Waals surface area contributed by atoms with Crippen LogP contribution in [-0.2, 0) is 9.53 Å².